The predicted octanol–water partition coefficient (Wildman–Crippen LogP) is -1.81. The highest BCUT2D eigenvalue weighted by atomic mass is 16.5. The summed E-state index contributed by atoms with van der Waals surface area (Å²) in [7, 11) is 5.32. The molecular weight excluding hydrogens is 157 g/mol. The van der Waals surface area contributed by atoms with E-state index in [0.717, 1.165) is 6.54 Å². The maximum Gasteiger partial charge on any atom is 0.142 e. The van der Waals surface area contributed by atoms with Crippen molar-refractivity contribution in [2.24, 2.45) is 0 Å². The van der Waals surface area contributed by atoms with Gasteiger partial charge in [0.05, 0.1) is 19.3 Å². The summed E-state index contributed by atoms with van der Waals surface area (Å²) >= 11 is 0. The topological polar surface area (TPSA) is 50.7 Å². The van der Waals surface area contributed by atoms with Crippen LogP contribution in [0.4, 0.5) is 0 Å². The van der Waals surface area contributed by atoms with Crippen LogP contribution in [-0.2, 0) is 9.47 Å². The number of aliphatic hydroxyl groups is 1. The van der Waals surface area contributed by atoms with Crippen LogP contribution in [0.25, 0.3) is 0 Å². The average molecular weight is 175 g/mol. The lowest BCUT2D eigenvalue weighted by Gasteiger charge is -2.20. The van der Waals surface area contributed by atoms with E-state index in [-0.39, 0.29) is 18.7 Å². The Labute approximate surface area is 74.7 Å². The van der Waals surface area contributed by atoms with Crippen LogP contribution in [0, 0.1) is 0 Å². The molecule has 0 amide bonds. The molecule has 0 spiro atoms. The first-order valence-electron chi connectivity index (χ1n) is 4.14. The molecule has 2 atom stereocenters. The van der Waals surface area contributed by atoms with Crippen LogP contribution in [0.1, 0.15) is 0 Å². The minimum Gasteiger partial charge on any atom is -0.394 e. The van der Waals surface area contributed by atoms with Crippen molar-refractivity contribution in [3.8, 4) is 0 Å². The Kier molecular flexibility index (Phi) is 7.49. The van der Waals surface area contributed by atoms with E-state index in [4.69, 9.17) is 14.6 Å². The molecule has 0 radical (unpaired) electrons. The first-order valence-corrected chi connectivity index (χ1v) is 4.14. The molecule has 72 valence electrons. The van der Waals surface area contributed by atoms with Crippen LogP contribution in [0.15, 0.2) is 0 Å². The molecule has 0 aromatic heterocycles. The van der Waals surface area contributed by atoms with Gasteiger partial charge in [-0.05, 0) is 7.05 Å². The van der Waals surface area contributed by atoms with Crippen molar-refractivity contribution < 1.29 is 14.6 Å². The number of nitrogens with one attached hydrogen (secondary N) is 1. The van der Waals surface area contributed by atoms with Gasteiger partial charge in [0.15, 0.2) is 0 Å². The van der Waals surface area contributed by atoms with E-state index < -0.39 is 0 Å². The lowest BCUT2D eigenvalue weighted by molar-refractivity contribution is -0.0319. The second-order valence-electron chi connectivity index (χ2n) is 2.76. The Bertz CT molecular complexity index is 98.7. The van der Waals surface area contributed by atoms with E-state index in [1.807, 2.05) is 14.9 Å². The van der Waals surface area contributed by atoms with Gasteiger partial charge in [0, 0.05) is 19.7 Å². The minimum atomic E-state index is -0.126. The number of hydrogen-bond donors (Lipinski definition) is 2. The van der Waals surface area contributed by atoms with Crippen LogP contribution in [0.5, 0.6) is 0 Å². The Morgan fingerprint density at radius 3 is 2.67 bits per heavy atom. The zero-order chi connectivity index (χ0) is 9.40. The van der Waals surface area contributed by atoms with Crippen molar-refractivity contribution in [2.75, 3.05) is 33.9 Å². The van der Waals surface area contributed by atoms with E-state index in [9.17, 15) is 0 Å². The van der Waals surface area contributed by atoms with Gasteiger partial charge in [-0.2, -0.15) is 0 Å². The van der Waals surface area contributed by atoms with E-state index >= 15 is 0 Å². The maximum absolute atomic E-state index is 8.73. The van der Waals surface area contributed by atoms with Gasteiger partial charge in [-0.1, -0.05) is 0 Å². The zero-order valence-electron chi connectivity index (χ0n) is 8.04. The SMILES string of the molecule is B[C@@H](CO)O[C@@H](CNC)COC. The van der Waals surface area contributed by atoms with Gasteiger partial charge in [-0.25, -0.2) is 0 Å². The van der Waals surface area contributed by atoms with E-state index in [1.165, 1.54) is 0 Å². The lowest BCUT2D eigenvalue weighted by atomic mass is 10.0. The van der Waals surface area contributed by atoms with Gasteiger partial charge in [-0.15, -0.1) is 0 Å². The van der Waals surface area contributed by atoms with Gasteiger partial charge in [0.25, 0.3) is 0 Å². The standard InChI is InChI=1S/C7H18BNO3/c1-9-3-6(5-11-2)12-7(8)4-10/h6-7,9-10H,3-5,8H2,1-2H3/t6-,7+/m0/s1. The van der Waals surface area contributed by atoms with Gasteiger partial charge in [0.2, 0.25) is 0 Å². The van der Waals surface area contributed by atoms with E-state index in [1.54, 1.807) is 7.11 Å². The van der Waals surface area contributed by atoms with Crippen LogP contribution in [0.3, 0.4) is 0 Å². The molecule has 0 rings (SSSR count). The molecule has 0 aliphatic heterocycles. The minimum absolute atomic E-state index is 0.0159. The van der Waals surface area contributed by atoms with Gasteiger partial charge < -0.3 is 19.9 Å². The molecule has 4 nitrogen and oxygen atoms in total. The second-order valence-corrected chi connectivity index (χ2v) is 2.76. The number of methoxy groups -OCH3 is 1. The summed E-state index contributed by atoms with van der Waals surface area (Å²) in [5.74, 6) is 0. The molecule has 0 aromatic carbocycles. The molecule has 0 aliphatic rings. The normalized spacial score (nSPS) is 15.9. The summed E-state index contributed by atoms with van der Waals surface area (Å²) in [5.41, 5.74) is 0. The molecule has 0 bridgehead atoms. The van der Waals surface area contributed by atoms with Crippen molar-refractivity contribution >= 4 is 7.85 Å². The van der Waals surface area contributed by atoms with Crippen molar-refractivity contribution in [1.82, 2.24) is 5.32 Å². The number of ether oxygens (including phenoxy) is 2. The summed E-state index contributed by atoms with van der Waals surface area (Å²) < 4.78 is 10.4. The Morgan fingerprint density at radius 1 is 1.58 bits per heavy atom. The molecule has 0 aromatic rings. The average Bonchev–Trinajstić information content (AvgIpc) is 2.05. The number of rotatable bonds is 7. The number of likely N-dealkylation sites (N-methyl/N-ethyl adjacent to an activating group) is 1. The third kappa shape index (κ3) is 5.54. The quantitative estimate of drug-likeness (QED) is 0.448. The molecule has 0 heterocycles. The highest BCUT2D eigenvalue weighted by Crippen LogP contribution is 1.95. The molecule has 2 N–H and O–H groups in total. The van der Waals surface area contributed by atoms with E-state index in [2.05, 4.69) is 5.32 Å². The van der Waals surface area contributed by atoms with Crippen LogP contribution in [0.2, 0.25) is 0 Å². The van der Waals surface area contributed by atoms with Crippen LogP contribution < -0.4 is 5.32 Å². The van der Waals surface area contributed by atoms with Gasteiger partial charge in [0.1, 0.15) is 7.85 Å². The Morgan fingerprint density at radius 2 is 2.25 bits per heavy atom. The molecule has 12 heavy (non-hydrogen) atoms. The first kappa shape index (κ1) is 11.9. The van der Waals surface area contributed by atoms with Crippen molar-refractivity contribution in [3.63, 3.8) is 0 Å². The fourth-order valence-electron chi connectivity index (χ4n) is 0.931. The highest BCUT2D eigenvalue weighted by Gasteiger charge is 2.11. The molecule has 5 heteroatoms. The van der Waals surface area contributed by atoms with Crippen molar-refractivity contribution in [2.45, 2.75) is 12.1 Å². The third-order valence-corrected chi connectivity index (χ3v) is 1.47. The van der Waals surface area contributed by atoms with Crippen molar-refractivity contribution in [3.05, 3.63) is 0 Å². The lowest BCUT2D eigenvalue weighted by Crippen LogP contribution is -2.35. The monoisotopic (exact) mass is 175 g/mol. The van der Waals surface area contributed by atoms with E-state index in [0.29, 0.717) is 6.61 Å². The fraction of sp³-hybridized carbons (Fsp3) is 1.00. The summed E-state index contributed by atoms with van der Waals surface area (Å²) in [6.07, 6.45) is 0.0159. The highest BCUT2D eigenvalue weighted by molar-refractivity contribution is 6.11. The first-order chi connectivity index (χ1) is 5.74. The largest absolute Gasteiger partial charge is 0.394 e. The maximum atomic E-state index is 8.73. The molecule has 0 saturated carbocycles. The molecule has 0 aliphatic carbocycles. The Hall–Kier alpha value is -0.0951. The second kappa shape index (κ2) is 7.55. The fourth-order valence-corrected chi connectivity index (χ4v) is 0.931. The predicted molar refractivity (Wildman–Crippen MR) is 50.1 cm³/mol. The van der Waals surface area contributed by atoms with Gasteiger partial charge >= 0.3 is 0 Å². The summed E-state index contributed by atoms with van der Waals surface area (Å²) in [6.45, 7) is 1.33. The van der Waals surface area contributed by atoms with Gasteiger partial charge in [-0.3, -0.25) is 0 Å². The summed E-state index contributed by atoms with van der Waals surface area (Å²) in [6, 6.07) is -0.126. The molecule has 0 fully saturated rings. The van der Waals surface area contributed by atoms with Crippen LogP contribution in [-0.4, -0.2) is 59.0 Å². The summed E-state index contributed by atoms with van der Waals surface area (Å²) in [5, 5.41) is 11.7. The van der Waals surface area contributed by atoms with Crippen LogP contribution >= 0.6 is 0 Å². The molecular formula is C7H18BNO3. The Balaban J connectivity index is 3.61. The third-order valence-electron chi connectivity index (χ3n) is 1.47. The number of hydrogen-bond acceptors (Lipinski definition) is 4. The zero-order valence-corrected chi connectivity index (χ0v) is 8.04. The van der Waals surface area contributed by atoms with Crippen molar-refractivity contribution in [1.29, 1.82) is 0 Å². The molecule has 0 saturated heterocycles. The summed E-state index contributed by atoms with van der Waals surface area (Å²) in [4.78, 5) is 0. The smallest absolute Gasteiger partial charge is 0.142 e. The number of aliphatic hydroxyl groups excluding tert-OH is 1. The molecule has 0 unspecified atom stereocenters.